The molecule has 0 aliphatic rings. The van der Waals surface area contributed by atoms with E-state index in [4.69, 9.17) is 5.84 Å². The number of sulfonamides is 1. The van der Waals surface area contributed by atoms with Crippen molar-refractivity contribution in [2.45, 2.75) is 4.90 Å². The topological polar surface area (TPSA) is 140 Å². The van der Waals surface area contributed by atoms with Crippen molar-refractivity contribution in [3.63, 3.8) is 0 Å². The van der Waals surface area contributed by atoms with Crippen LogP contribution < -0.4 is 16.0 Å². The van der Waals surface area contributed by atoms with Gasteiger partial charge in [-0.3, -0.25) is 25.7 Å². The van der Waals surface area contributed by atoms with Crippen molar-refractivity contribution in [3.8, 4) is 0 Å². The number of hydrazine groups is 1. The lowest BCUT2D eigenvalue weighted by Crippen LogP contribution is -2.15. The van der Waals surface area contributed by atoms with Crippen LogP contribution in [0.1, 0.15) is 0 Å². The fourth-order valence-electron chi connectivity index (χ4n) is 1.59. The third-order valence-corrected chi connectivity index (χ3v) is 3.94. The zero-order valence-corrected chi connectivity index (χ0v) is 11.4. The van der Waals surface area contributed by atoms with Gasteiger partial charge in [0.25, 0.3) is 15.7 Å². The zero-order valence-electron chi connectivity index (χ0n) is 10.6. The van der Waals surface area contributed by atoms with Crippen LogP contribution in [-0.2, 0) is 10.0 Å². The number of hydrogen-bond acceptors (Lipinski definition) is 7. The van der Waals surface area contributed by atoms with Crippen LogP contribution in [0, 0.1) is 10.1 Å². The first kappa shape index (κ1) is 14.7. The minimum Gasteiger partial charge on any atom is -0.318 e. The Morgan fingerprint density at radius 1 is 1.19 bits per heavy atom. The second-order valence-corrected chi connectivity index (χ2v) is 5.60. The molecule has 0 atom stereocenters. The second kappa shape index (κ2) is 5.73. The largest absolute Gasteiger partial charge is 0.318 e. The Hall–Kier alpha value is -2.72. The van der Waals surface area contributed by atoms with E-state index in [2.05, 4.69) is 15.1 Å². The number of nitro groups is 1. The average Bonchev–Trinajstić information content (AvgIpc) is 2.47. The molecule has 1 aromatic carbocycles. The van der Waals surface area contributed by atoms with Gasteiger partial charge in [0, 0.05) is 18.5 Å². The van der Waals surface area contributed by atoms with Gasteiger partial charge in [-0.05, 0) is 24.3 Å². The summed E-state index contributed by atoms with van der Waals surface area (Å²) in [6, 6.07) is 6.23. The van der Waals surface area contributed by atoms with E-state index in [1.807, 2.05) is 0 Å². The first-order valence-corrected chi connectivity index (χ1v) is 7.10. The summed E-state index contributed by atoms with van der Waals surface area (Å²) in [5.41, 5.74) is 2.02. The van der Waals surface area contributed by atoms with Crippen molar-refractivity contribution >= 4 is 27.1 Å². The highest BCUT2D eigenvalue weighted by Crippen LogP contribution is 2.27. The van der Waals surface area contributed by atoms with Crippen LogP contribution in [0.5, 0.6) is 0 Å². The fourth-order valence-corrected chi connectivity index (χ4v) is 2.68. The molecule has 0 aliphatic heterocycles. The van der Waals surface area contributed by atoms with Crippen LogP contribution in [-0.4, -0.2) is 18.3 Å². The van der Waals surface area contributed by atoms with Crippen molar-refractivity contribution < 1.29 is 13.3 Å². The van der Waals surface area contributed by atoms with E-state index in [1.165, 1.54) is 24.5 Å². The number of pyridine rings is 1. The van der Waals surface area contributed by atoms with Crippen molar-refractivity contribution in [2.75, 3.05) is 10.1 Å². The van der Waals surface area contributed by atoms with Crippen molar-refractivity contribution in [1.82, 2.24) is 4.98 Å². The molecule has 110 valence electrons. The molecule has 0 aliphatic carbocycles. The van der Waals surface area contributed by atoms with Gasteiger partial charge < -0.3 is 5.43 Å². The molecule has 0 saturated carbocycles. The molecule has 9 nitrogen and oxygen atoms in total. The standard InChI is InChI=1S/C11H11N5O4S/c12-14-10-7-9(1-2-11(10)16(17)18)21(19,20)15-8-3-5-13-6-4-8/h1-7,14H,12H2,(H,13,15). The predicted molar refractivity (Wildman–Crippen MR) is 76.0 cm³/mol. The average molecular weight is 309 g/mol. The van der Waals surface area contributed by atoms with Gasteiger partial charge in [-0.2, -0.15) is 0 Å². The molecule has 0 saturated heterocycles. The molecule has 2 aromatic rings. The van der Waals surface area contributed by atoms with Gasteiger partial charge in [-0.15, -0.1) is 0 Å². The molecule has 0 unspecified atom stereocenters. The first-order chi connectivity index (χ1) is 9.94. The number of nitrogens with one attached hydrogen (secondary N) is 2. The first-order valence-electron chi connectivity index (χ1n) is 5.62. The minimum absolute atomic E-state index is 0.0994. The van der Waals surface area contributed by atoms with Gasteiger partial charge in [-0.25, -0.2) is 8.42 Å². The van der Waals surface area contributed by atoms with E-state index in [-0.39, 0.29) is 16.3 Å². The third kappa shape index (κ3) is 3.24. The molecule has 21 heavy (non-hydrogen) atoms. The molecule has 0 spiro atoms. The highest BCUT2D eigenvalue weighted by Gasteiger charge is 2.20. The van der Waals surface area contributed by atoms with Gasteiger partial charge >= 0.3 is 0 Å². The predicted octanol–water partition coefficient (Wildman–Crippen LogP) is 1.08. The van der Waals surface area contributed by atoms with Crippen LogP contribution in [0.2, 0.25) is 0 Å². The van der Waals surface area contributed by atoms with Crippen molar-refractivity contribution in [1.29, 1.82) is 0 Å². The Labute approximate surface area is 120 Å². The lowest BCUT2D eigenvalue weighted by atomic mass is 10.3. The van der Waals surface area contributed by atoms with Gasteiger partial charge in [0.15, 0.2) is 0 Å². The molecule has 0 radical (unpaired) electrons. The zero-order chi connectivity index (χ0) is 15.5. The number of nitro benzene ring substituents is 1. The second-order valence-electron chi connectivity index (χ2n) is 3.92. The number of nitrogen functional groups attached to an aromatic ring is 1. The summed E-state index contributed by atoms with van der Waals surface area (Å²) >= 11 is 0. The number of rotatable bonds is 5. The van der Waals surface area contributed by atoms with E-state index in [0.29, 0.717) is 5.69 Å². The van der Waals surface area contributed by atoms with Gasteiger partial charge in [0.1, 0.15) is 5.69 Å². The molecule has 0 amide bonds. The lowest BCUT2D eigenvalue weighted by Gasteiger charge is -2.09. The Bertz CT molecular complexity index is 763. The number of nitrogens with two attached hydrogens (primary N) is 1. The highest BCUT2D eigenvalue weighted by atomic mass is 32.2. The molecule has 1 heterocycles. The van der Waals surface area contributed by atoms with Gasteiger partial charge in [0.05, 0.1) is 15.5 Å². The molecule has 0 bridgehead atoms. The Kier molecular flexibility index (Phi) is 4.00. The van der Waals surface area contributed by atoms with Crippen molar-refractivity contribution in [3.05, 3.63) is 52.8 Å². The smallest absolute Gasteiger partial charge is 0.293 e. The van der Waals surface area contributed by atoms with E-state index in [0.717, 1.165) is 18.2 Å². The maximum absolute atomic E-state index is 12.2. The summed E-state index contributed by atoms with van der Waals surface area (Å²) in [5, 5.41) is 10.8. The lowest BCUT2D eigenvalue weighted by molar-refractivity contribution is -0.384. The number of nitrogens with zero attached hydrogens (tertiary/aromatic N) is 2. The Morgan fingerprint density at radius 2 is 1.86 bits per heavy atom. The maximum Gasteiger partial charge on any atom is 0.293 e. The Balaban J connectivity index is 2.39. The normalized spacial score (nSPS) is 10.9. The summed E-state index contributed by atoms with van der Waals surface area (Å²) in [6.45, 7) is 0. The summed E-state index contributed by atoms with van der Waals surface area (Å²) in [7, 11) is -3.88. The molecule has 1 aromatic heterocycles. The van der Waals surface area contributed by atoms with Crippen LogP contribution in [0.4, 0.5) is 17.1 Å². The van der Waals surface area contributed by atoms with Gasteiger partial charge in [0.2, 0.25) is 0 Å². The number of benzene rings is 1. The van der Waals surface area contributed by atoms with Crippen LogP contribution in [0.15, 0.2) is 47.6 Å². The highest BCUT2D eigenvalue weighted by molar-refractivity contribution is 7.92. The molecule has 10 heteroatoms. The minimum atomic E-state index is -3.88. The van der Waals surface area contributed by atoms with E-state index < -0.39 is 14.9 Å². The van der Waals surface area contributed by atoms with Gasteiger partial charge in [-0.1, -0.05) is 0 Å². The fraction of sp³-hybridized carbons (Fsp3) is 0. The van der Waals surface area contributed by atoms with E-state index in [9.17, 15) is 18.5 Å². The van der Waals surface area contributed by atoms with Crippen LogP contribution >= 0.6 is 0 Å². The van der Waals surface area contributed by atoms with Crippen LogP contribution in [0.3, 0.4) is 0 Å². The summed E-state index contributed by atoms with van der Waals surface area (Å²) in [4.78, 5) is 13.7. The molecule has 0 fully saturated rings. The molecule has 4 N–H and O–H groups in total. The Morgan fingerprint density at radius 3 is 2.43 bits per heavy atom. The monoisotopic (exact) mass is 309 g/mol. The quantitative estimate of drug-likeness (QED) is 0.426. The molecular weight excluding hydrogens is 298 g/mol. The third-order valence-electron chi connectivity index (χ3n) is 2.56. The summed E-state index contributed by atoms with van der Waals surface area (Å²) in [6.07, 6.45) is 2.86. The summed E-state index contributed by atoms with van der Waals surface area (Å²) in [5.74, 6) is 5.18. The summed E-state index contributed by atoms with van der Waals surface area (Å²) < 4.78 is 26.7. The number of aromatic nitrogens is 1. The maximum atomic E-state index is 12.2. The molecule has 2 rings (SSSR count). The van der Waals surface area contributed by atoms with Crippen molar-refractivity contribution in [2.24, 2.45) is 5.84 Å². The SMILES string of the molecule is NNc1cc(S(=O)(=O)Nc2ccncc2)ccc1[N+](=O)[O-]. The number of anilines is 2. The number of hydrogen-bond donors (Lipinski definition) is 3. The molecular formula is C11H11N5O4S. The van der Waals surface area contributed by atoms with Crippen LogP contribution in [0.25, 0.3) is 0 Å². The van der Waals surface area contributed by atoms with E-state index in [1.54, 1.807) is 0 Å². The van der Waals surface area contributed by atoms with E-state index >= 15 is 0 Å².